The van der Waals surface area contributed by atoms with Gasteiger partial charge in [0.1, 0.15) is 5.60 Å². The number of ether oxygens (including phenoxy) is 1. The second-order valence-corrected chi connectivity index (χ2v) is 6.56. The molecule has 0 heterocycles. The Morgan fingerprint density at radius 3 is 2.05 bits per heavy atom. The van der Waals surface area contributed by atoms with Crippen molar-refractivity contribution in [1.29, 1.82) is 0 Å². The largest absolute Gasteiger partial charge is 0.444 e. The van der Waals surface area contributed by atoms with Crippen LogP contribution in [0.5, 0.6) is 0 Å². The first-order valence-corrected chi connectivity index (χ1v) is 7.45. The van der Waals surface area contributed by atoms with Gasteiger partial charge < -0.3 is 19.9 Å². The van der Waals surface area contributed by atoms with Crippen LogP contribution in [0.25, 0.3) is 0 Å². The van der Waals surface area contributed by atoms with Gasteiger partial charge in [0.25, 0.3) is 0 Å². The van der Waals surface area contributed by atoms with Gasteiger partial charge in [-0.2, -0.15) is 0 Å². The molecule has 1 unspecified atom stereocenters. The highest BCUT2D eigenvalue weighted by molar-refractivity contribution is 14.0. The molecule has 0 aliphatic rings. The van der Waals surface area contributed by atoms with Crippen LogP contribution in [0.4, 0.5) is 4.79 Å². The number of hydrogen-bond donors (Lipinski definition) is 1. The predicted octanol–water partition coefficient (Wildman–Crippen LogP) is 2.78. The number of nitrogens with one attached hydrogen (secondary N) is 1. The summed E-state index contributed by atoms with van der Waals surface area (Å²) in [6.45, 7) is 8.20. The quantitative estimate of drug-likeness (QED) is 0.416. The molecule has 22 heavy (non-hydrogen) atoms. The minimum Gasteiger partial charge on any atom is -0.444 e. The van der Waals surface area contributed by atoms with E-state index in [1.54, 1.807) is 0 Å². The molecule has 1 amide bonds. The molecular weight excluding hydrogens is 395 g/mol. The number of guanidine groups is 1. The summed E-state index contributed by atoms with van der Waals surface area (Å²) in [5, 5.41) is 2.90. The fourth-order valence-corrected chi connectivity index (χ4v) is 1.91. The summed E-state index contributed by atoms with van der Waals surface area (Å²) < 4.78 is 5.30. The van der Waals surface area contributed by atoms with E-state index >= 15 is 0 Å². The van der Waals surface area contributed by atoms with Gasteiger partial charge in [-0.25, -0.2) is 4.79 Å². The van der Waals surface area contributed by atoms with Crippen molar-refractivity contribution in [3.05, 3.63) is 0 Å². The van der Waals surface area contributed by atoms with Crippen LogP contribution in [-0.4, -0.2) is 68.2 Å². The van der Waals surface area contributed by atoms with E-state index in [9.17, 15) is 4.79 Å². The average Bonchev–Trinajstić information content (AvgIpc) is 2.25. The highest BCUT2D eigenvalue weighted by Crippen LogP contribution is 2.08. The predicted molar refractivity (Wildman–Crippen MR) is 103 cm³/mol. The third kappa shape index (κ3) is 10.9. The smallest absolute Gasteiger partial charge is 0.407 e. The van der Waals surface area contributed by atoms with Gasteiger partial charge in [0.05, 0.1) is 12.6 Å². The Morgan fingerprint density at radius 1 is 1.18 bits per heavy atom. The molecule has 0 saturated heterocycles. The molecular formula is C15H33IN4O2. The van der Waals surface area contributed by atoms with Crippen molar-refractivity contribution in [2.75, 3.05) is 34.7 Å². The van der Waals surface area contributed by atoms with Crippen molar-refractivity contribution in [2.45, 2.75) is 52.2 Å². The second-order valence-electron chi connectivity index (χ2n) is 6.56. The van der Waals surface area contributed by atoms with Crippen molar-refractivity contribution in [3.63, 3.8) is 0 Å². The first kappa shape index (κ1) is 23.5. The second kappa shape index (κ2) is 10.9. The van der Waals surface area contributed by atoms with Crippen molar-refractivity contribution in [3.8, 4) is 0 Å². The van der Waals surface area contributed by atoms with Crippen LogP contribution >= 0.6 is 24.0 Å². The number of alkyl carbamates (subject to hydrolysis) is 1. The number of amides is 1. The lowest BCUT2D eigenvalue weighted by Crippen LogP contribution is -2.42. The van der Waals surface area contributed by atoms with E-state index in [1.165, 1.54) is 0 Å². The topological polar surface area (TPSA) is 57.2 Å². The maximum absolute atomic E-state index is 11.9. The number of hydrogen-bond acceptors (Lipinski definition) is 3. The van der Waals surface area contributed by atoms with Crippen LogP contribution in [0, 0.1) is 0 Å². The van der Waals surface area contributed by atoms with E-state index in [4.69, 9.17) is 4.74 Å². The molecule has 1 N–H and O–H groups in total. The number of halogens is 1. The van der Waals surface area contributed by atoms with Crippen LogP contribution in [0.3, 0.4) is 0 Å². The fourth-order valence-electron chi connectivity index (χ4n) is 1.91. The molecule has 1 atom stereocenters. The summed E-state index contributed by atoms with van der Waals surface area (Å²) in [5.41, 5.74) is -0.484. The summed E-state index contributed by atoms with van der Waals surface area (Å²) in [6, 6.07) is -0.0141. The van der Waals surface area contributed by atoms with E-state index in [0.717, 1.165) is 18.8 Å². The number of carbonyl (C=O) groups excluding carboxylic acids is 1. The van der Waals surface area contributed by atoms with Gasteiger partial charge in [-0.1, -0.05) is 13.3 Å². The normalized spacial score (nSPS) is 11.8. The standard InChI is InChI=1S/C15H32N4O2.HI/c1-9-10-12(17-14(20)21-15(2,3)4)11-16-13(18(5)6)19(7)8;/h12H,9-11H2,1-8H3,(H,17,20);1H. The van der Waals surface area contributed by atoms with Gasteiger partial charge in [-0.3, -0.25) is 4.99 Å². The minimum atomic E-state index is -0.484. The first-order chi connectivity index (χ1) is 9.56. The maximum Gasteiger partial charge on any atom is 0.407 e. The Balaban J connectivity index is 0. The average molecular weight is 428 g/mol. The Hall–Kier alpha value is -0.730. The van der Waals surface area contributed by atoms with Crippen LogP contribution in [-0.2, 0) is 4.74 Å². The maximum atomic E-state index is 11.9. The molecule has 0 aromatic rings. The van der Waals surface area contributed by atoms with E-state index in [0.29, 0.717) is 6.54 Å². The summed E-state index contributed by atoms with van der Waals surface area (Å²) in [6.07, 6.45) is 1.47. The molecule has 0 rings (SSSR count). The van der Waals surface area contributed by atoms with Gasteiger partial charge in [-0.15, -0.1) is 24.0 Å². The van der Waals surface area contributed by atoms with Crippen molar-refractivity contribution < 1.29 is 9.53 Å². The molecule has 0 aliphatic heterocycles. The van der Waals surface area contributed by atoms with Crippen LogP contribution in [0.1, 0.15) is 40.5 Å². The molecule has 0 aromatic heterocycles. The Kier molecular flexibility index (Phi) is 11.7. The third-order valence-electron chi connectivity index (χ3n) is 2.61. The number of rotatable bonds is 5. The zero-order chi connectivity index (χ0) is 16.6. The zero-order valence-electron chi connectivity index (χ0n) is 15.3. The molecule has 0 bridgehead atoms. The molecule has 6 nitrogen and oxygen atoms in total. The Labute approximate surface area is 152 Å². The molecule has 132 valence electrons. The van der Waals surface area contributed by atoms with E-state index in [1.807, 2.05) is 58.8 Å². The molecule has 7 heteroatoms. The van der Waals surface area contributed by atoms with Crippen LogP contribution in [0.2, 0.25) is 0 Å². The summed E-state index contributed by atoms with van der Waals surface area (Å²) in [5.74, 6) is 0.877. The van der Waals surface area contributed by atoms with Crippen LogP contribution < -0.4 is 5.32 Å². The molecule has 0 radical (unpaired) electrons. The molecule has 0 fully saturated rings. The molecule has 0 spiro atoms. The van der Waals surface area contributed by atoms with Gasteiger partial charge >= 0.3 is 6.09 Å². The fraction of sp³-hybridized carbons (Fsp3) is 0.867. The Bertz CT molecular complexity index is 342. The molecule has 0 aromatic carbocycles. The van der Waals surface area contributed by atoms with Gasteiger partial charge in [0.2, 0.25) is 0 Å². The lowest BCUT2D eigenvalue weighted by molar-refractivity contribution is 0.0503. The van der Waals surface area contributed by atoms with E-state index in [2.05, 4.69) is 17.2 Å². The SMILES string of the molecule is CCCC(CN=C(N(C)C)N(C)C)NC(=O)OC(C)(C)C.I. The lowest BCUT2D eigenvalue weighted by atomic mass is 10.1. The summed E-state index contributed by atoms with van der Waals surface area (Å²) in [7, 11) is 7.81. The van der Waals surface area contributed by atoms with E-state index < -0.39 is 5.60 Å². The summed E-state index contributed by atoms with van der Waals surface area (Å²) >= 11 is 0. The Morgan fingerprint density at radius 2 is 1.68 bits per heavy atom. The highest BCUT2D eigenvalue weighted by atomic mass is 127. The van der Waals surface area contributed by atoms with Gasteiger partial charge in [0, 0.05) is 28.2 Å². The van der Waals surface area contributed by atoms with Gasteiger partial charge in [0.15, 0.2) is 5.96 Å². The number of aliphatic imine (C=N–C) groups is 1. The number of carbonyl (C=O) groups is 1. The number of nitrogens with zero attached hydrogens (tertiary/aromatic N) is 3. The van der Waals surface area contributed by atoms with Crippen molar-refractivity contribution in [1.82, 2.24) is 15.1 Å². The van der Waals surface area contributed by atoms with E-state index in [-0.39, 0.29) is 36.1 Å². The van der Waals surface area contributed by atoms with Crippen LogP contribution in [0.15, 0.2) is 4.99 Å². The summed E-state index contributed by atoms with van der Waals surface area (Å²) in [4.78, 5) is 20.4. The van der Waals surface area contributed by atoms with Crippen molar-refractivity contribution >= 4 is 36.0 Å². The van der Waals surface area contributed by atoms with Crippen molar-refractivity contribution in [2.24, 2.45) is 4.99 Å². The third-order valence-corrected chi connectivity index (χ3v) is 2.61. The highest BCUT2D eigenvalue weighted by Gasteiger charge is 2.19. The lowest BCUT2D eigenvalue weighted by Gasteiger charge is -2.25. The van der Waals surface area contributed by atoms with Gasteiger partial charge in [-0.05, 0) is 27.2 Å². The monoisotopic (exact) mass is 428 g/mol. The minimum absolute atomic E-state index is 0. The molecule has 0 aliphatic carbocycles. The zero-order valence-corrected chi connectivity index (χ0v) is 17.6. The molecule has 0 saturated carbocycles. The first-order valence-electron chi connectivity index (χ1n) is 7.45.